The molecule has 0 amide bonds. The van der Waals surface area contributed by atoms with E-state index in [1.807, 2.05) is 42.5 Å². The van der Waals surface area contributed by atoms with Gasteiger partial charge in [0, 0.05) is 12.0 Å². The minimum Gasteiger partial charge on any atom is -0.233 e. The van der Waals surface area contributed by atoms with Crippen LogP contribution < -0.4 is 0 Å². The van der Waals surface area contributed by atoms with E-state index in [0.717, 1.165) is 18.4 Å². The molecular formula is C23H24F2. The molecule has 25 heavy (non-hydrogen) atoms. The number of hydrogen-bond donors (Lipinski definition) is 0. The van der Waals surface area contributed by atoms with Crippen molar-refractivity contribution in [1.82, 2.24) is 0 Å². The van der Waals surface area contributed by atoms with Crippen LogP contribution in [-0.2, 0) is 12.1 Å². The highest BCUT2D eigenvalue weighted by molar-refractivity contribution is 5.77. The first-order valence-electron chi connectivity index (χ1n) is 9.05. The third-order valence-electron chi connectivity index (χ3n) is 4.85. The van der Waals surface area contributed by atoms with Gasteiger partial charge in [-0.05, 0) is 41.7 Å². The number of alkyl halides is 1. The fraction of sp³-hybridized carbons (Fsp3) is 0.304. The Morgan fingerprint density at radius 3 is 2.36 bits per heavy atom. The summed E-state index contributed by atoms with van der Waals surface area (Å²) in [5.41, 5.74) is 1.26. The molecule has 0 nitrogen and oxygen atoms in total. The molecule has 0 heterocycles. The Kier molecular flexibility index (Phi) is 5.47. The molecule has 130 valence electrons. The lowest BCUT2D eigenvalue weighted by atomic mass is 9.78. The maximum atomic E-state index is 15.9. The quantitative estimate of drug-likeness (QED) is 0.501. The van der Waals surface area contributed by atoms with Crippen molar-refractivity contribution in [3.63, 3.8) is 0 Å². The molecule has 3 rings (SSSR count). The second-order valence-electron chi connectivity index (χ2n) is 6.67. The molecule has 2 aromatic carbocycles. The summed E-state index contributed by atoms with van der Waals surface area (Å²) in [6, 6.07) is 16.9. The van der Waals surface area contributed by atoms with Crippen LogP contribution in [0.25, 0.3) is 5.57 Å². The van der Waals surface area contributed by atoms with Gasteiger partial charge in [0.1, 0.15) is 5.83 Å². The molecule has 0 N–H and O–H groups in total. The highest BCUT2D eigenvalue weighted by Crippen LogP contribution is 2.46. The summed E-state index contributed by atoms with van der Waals surface area (Å²) in [5, 5.41) is 0. The van der Waals surface area contributed by atoms with E-state index in [1.54, 1.807) is 12.1 Å². The van der Waals surface area contributed by atoms with Gasteiger partial charge in [-0.25, -0.2) is 8.78 Å². The van der Waals surface area contributed by atoms with Gasteiger partial charge in [0.15, 0.2) is 5.67 Å². The van der Waals surface area contributed by atoms with Crippen LogP contribution in [-0.4, -0.2) is 0 Å². The number of rotatable bonds is 6. The average Bonchev–Trinajstić information content (AvgIpc) is 2.65. The molecular weight excluding hydrogens is 314 g/mol. The van der Waals surface area contributed by atoms with Crippen LogP contribution >= 0.6 is 0 Å². The van der Waals surface area contributed by atoms with Gasteiger partial charge in [0.2, 0.25) is 0 Å². The Bertz CT molecular complexity index is 756. The van der Waals surface area contributed by atoms with Gasteiger partial charge in [-0.15, -0.1) is 0 Å². The standard InChI is InChI=1S/C23H24F2/c1-2-3-5-8-18-11-13-19(14-12-18)22-17-21(24)15-16-23(22,25)20-9-6-4-7-10-20/h4,6-7,9-15,17H,2-3,5,8,16H2,1H3. The zero-order chi connectivity index (χ0) is 17.7. The van der Waals surface area contributed by atoms with Crippen molar-refractivity contribution in [2.45, 2.75) is 44.7 Å². The van der Waals surface area contributed by atoms with E-state index in [0.29, 0.717) is 11.1 Å². The lowest BCUT2D eigenvalue weighted by Crippen LogP contribution is -2.23. The van der Waals surface area contributed by atoms with E-state index in [9.17, 15) is 4.39 Å². The predicted octanol–water partition coefficient (Wildman–Crippen LogP) is 6.92. The summed E-state index contributed by atoms with van der Waals surface area (Å²) in [6.45, 7) is 2.19. The summed E-state index contributed by atoms with van der Waals surface area (Å²) in [7, 11) is 0. The van der Waals surface area contributed by atoms with E-state index in [-0.39, 0.29) is 12.2 Å². The summed E-state index contributed by atoms with van der Waals surface area (Å²) in [4.78, 5) is 0. The molecule has 1 aliphatic carbocycles. The molecule has 2 heteroatoms. The maximum absolute atomic E-state index is 15.9. The van der Waals surface area contributed by atoms with Crippen LogP contribution in [0.2, 0.25) is 0 Å². The first-order chi connectivity index (χ1) is 12.1. The summed E-state index contributed by atoms with van der Waals surface area (Å²) in [5.74, 6) is -0.369. The number of aryl methyl sites for hydroxylation is 1. The van der Waals surface area contributed by atoms with E-state index in [4.69, 9.17) is 0 Å². The largest absolute Gasteiger partial charge is 0.233 e. The fourth-order valence-corrected chi connectivity index (χ4v) is 3.38. The molecule has 0 radical (unpaired) electrons. The molecule has 1 unspecified atom stereocenters. The minimum atomic E-state index is -1.69. The normalized spacial score (nSPS) is 20.1. The summed E-state index contributed by atoms with van der Waals surface area (Å²) < 4.78 is 29.8. The van der Waals surface area contributed by atoms with Crippen LogP contribution in [0.1, 0.15) is 49.3 Å². The Balaban J connectivity index is 1.91. The van der Waals surface area contributed by atoms with Crippen LogP contribution in [0.4, 0.5) is 8.78 Å². The van der Waals surface area contributed by atoms with E-state index >= 15 is 4.39 Å². The minimum absolute atomic E-state index is 0.0208. The fourth-order valence-electron chi connectivity index (χ4n) is 3.38. The molecule has 2 aromatic rings. The van der Waals surface area contributed by atoms with Gasteiger partial charge >= 0.3 is 0 Å². The SMILES string of the molecule is CCCCCc1ccc(C2=CC(F)=CCC2(F)c2ccccc2)cc1. The van der Waals surface area contributed by atoms with Crippen molar-refractivity contribution < 1.29 is 8.78 Å². The molecule has 0 saturated heterocycles. The number of unbranched alkanes of at least 4 members (excludes halogenated alkanes) is 2. The Hall–Kier alpha value is -2.22. The second kappa shape index (κ2) is 7.77. The molecule has 0 aliphatic heterocycles. The van der Waals surface area contributed by atoms with Crippen molar-refractivity contribution in [3.05, 3.63) is 89.3 Å². The van der Waals surface area contributed by atoms with Gasteiger partial charge in [-0.2, -0.15) is 0 Å². The second-order valence-corrected chi connectivity index (χ2v) is 6.67. The van der Waals surface area contributed by atoms with Crippen LogP contribution in [0.3, 0.4) is 0 Å². The topological polar surface area (TPSA) is 0 Å². The Morgan fingerprint density at radius 2 is 1.68 bits per heavy atom. The van der Waals surface area contributed by atoms with Crippen molar-refractivity contribution in [1.29, 1.82) is 0 Å². The zero-order valence-corrected chi connectivity index (χ0v) is 14.6. The zero-order valence-electron chi connectivity index (χ0n) is 14.6. The molecule has 0 fully saturated rings. The molecule has 0 saturated carbocycles. The monoisotopic (exact) mass is 338 g/mol. The summed E-state index contributed by atoms with van der Waals surface area (Å²) in [6.07, 6.45) is 7.28. The van der Waals surface area contributed by atoms with Gasteiger partial charge in [0.25, 0.3) is 0 Å². The van der Waals surface area contributed by atoms with Crippen LogP contribution in [0.5, 0.6) is 0 Å². The van der Waals surface area contributed by atoms with Gasteiger partial charge in [-0.1, -0.05) is 74.4 Å². The van der Waals surface area contributed by atoms with Crippen molar-refractivity contribution in [3.8, 4) is 0 Å². The number of allylic oxidation sites excluding steroid dienone is 4. The van der Waals surface area contributed by atoms with Crippen molar-refractivity contribution in [2.75, 3.05) is 0 Å². The van der Waals surface area contributed by atoms with Crippen LogP contribution in [0, 0.1) is 0 Å². The van der Waals surface area contributed by atoms with Gasteiger partial charge < -0.3 is 0 Å². The highest BCUT2D eigenvalue weighted by Gasteiger charge is 2.38. The number of halogens is 2. The molecule has 1 aliphatic rings. The number of benzene rings is 2. The smallest absolute Gasteiger partial charge is 0.165 e. The van der Waals surface area contributed by atoms with Gasteiger partial charge in [-0.3, -0.25) is 0 Å². The first-order valence-corrected chi connectivity index (χ1v) is 9.05. The van der Waals surface area contributed by atoms with Crippen molar-refractivity contribution in [2.24, 2.45) is 0 Å². The van der Waals surface area contributed by atoms with E-state index < -0.39 is 5.67 Å². The number of hydrogen-bond acceptors (Lipinski definition) is 0. The van der Waals surface area contributed by atoms with E-state index in [1.165, 1.54) is 30.6 Å². The summed E-state index contributed by atoms with van der Waals surface area (Å²) >= 11 is 0. The lowest BCUT2D eigenvalue weighted by Gasteiger charge is -2.30. The first kappa shape index (κ1) is 17.6. The third kappa shape index (κ3) is 3.89. The molecule has 0 spiro atoms. The van der Waals surface area contributed by atoms with E-state index in [2.05, 4.69) is 6.92 Å². The average molecular weight is 338 g/mol. The van der Waals surface area contributed by atoms with Crippen LogP contribution in [0.15, 0.2) is 72.6 Å². The lowest BCUT2D eigenvalue weighted by molar-refractivity contribution is 0.247. The predicted molar refractivity (Wildman–Crippen MR) is 101 cm³/mol. The van der Waals surface area contributed by atoms with Crippen molar-refractivity contribution >= 4 is 5.57 Å². The maximum Gasteiger partial charge on any atom is 0.165 e. The van der Waals surface area contributed by atoms with Gasteiger partial charge in [0.05, 0.1) is 0 Å². The molecule has 0 bridgehead atoms. The highest BCUT2D eigenvalue weighted by atomic mass is 19.1. The Morgan fingerprint density at radius 1 is 0.960 bits per heavy atom. The molecule has 0 aromatic heterocycles. The molecule has 1 atom stereocenters. The Labute approximate surface area is 148 Å². The third-order valence-corrected chi connectivity index (χ3v) is 4.85.